The number of rotatable bonds is 3. The summed E-state index contributed by atoms with van der Waals surface area (Å²) in [7, 11) is 1.59. The van der Waals surface area contributed by atoms with Crippen LogP contribution in [0.4, 0.5) is 0 Å². The summed E-state index contributed by atoms with van der Waals surface area (Å²) >= 11 is 2.64. The molecule has 0 aliphatic rings. The van der Waals surface area contributed by atoms with E-state index in [1.807, 2.05) is 36.4 Å². The van der Waals surface area contributed by atoms with Crippen molar-refractivity contribution in [2.45, 2.75) is 5.03 Å². The van der Waals surface area contributed by atoms with Gasteiger partial charge in [-0.1, -0.05) is 18.2 Å². The lowest BCUT2D eigenvalue weighted by Crippen LogP contribution is -2.06. The van der Waals surface area contributed by atoms with Crippen LogP contribution in [0.15, 0.2) is 52.3 Å². The Morgan fingerprint density at radius 1 is 1.10 bits per heavy atom. The molecule has 0 saturated carbocycles. The molecular formula is C14H10N2O2S2. The van der Waals surface area contributed by atoms with Gasteiger partial charge >= 0.3 is 0 Å². The zero-order chi connectivity index (χ0) is 13.9. The predicted octanol–water partition coefficient (Wildman–Crippen LogP) is 3.37. The van der Waals surface area contributed by atoms with Crippen LogP contribution >= 0.6 is 23.4 Å². The Balaban J connectivity index is 2.14. The van der Waals surface area contributed by atoms with Crippen molar-refractivity contribution in [1.82, 2.24) is 9.97 Å². The summed E-state index contributed by atoms with van der Waals surface area (Å²) in [5.41, 5.74) is 0.459. The molecule has 0 fully saturated rings. The van der Waals surface area contributed by atoms with Crippen molar-refractivity contribution in [3.8, 4) is 10.7 Å². The molecule has 0 radical (unpaired) electrons. The van der Waals surface area contributed by atoms with Crippen LogP contribution in [0, 0.1) is 0 Å². The number of hydrogen-bond acceptors (Lipinski definition) is 6. The van der Waals surface area contributed by atoms with Gasteiger partial charge in [0, 0.05) is 16.7 Å². The zero-order valence-corrected chi connectivity index (χ0v) is 12.2. The van der Waals surface area contributed by atoms with E-state index in [4.69, 9.17) is 4.18 Å². The Morgan fingerprint density at radius 2 is 1.95 bits per heavy atom. The van der Waals surface area contributed by atoms with Gasteiger partial charge in [0.1, 0.15) is 15.7 Å². The minimum Gasteiger partial charge on any atom is -0.312 e. The van der Waals surface area contributed by atoms with E-state index in [2.05, 4.69) is 9.97 Å². The molecule has 0 amide bonds. The fourth-order valence-corrected chi connectivity index (χ4v) is 3.19. The van der Waals surface area contributed by atoms with Gasteiger partial charge in [0.25, 0.3) is 5.56 Å². The summed E-state index contributed by atoms with van der Waals surface area (Å²) in [5.74, 6) is 0. The maximum absolute atomic E-state index is 12.0. The third kappa shape index (κ3) is 2.58. The van der Waals surface area contributed by atoms with Gasteiger partial charge in [0.05, 0.1) is 12.5 Å². The molecule has 0 aliphatic heterocycles. The van der Waals surface area contributed by atoms with Gasteiger partial charge in [-0.25, -0.2) is 4.98 Å². The SMILES string of the molecule is COSc1cccc(-c2nc(=O)c3ccccc3s2)n1. The highest BCUT2D eigenvalue weighted by Crippen LogP contribution is 2.26. The largest absolute Gasteiger partial charge is 0.312 e. The van der Waals surface area contributed by atoms with Gasteiger partial charge in [0.2, 0.25) is 0 Å². The van der Waals surface area contributed by atoms with Gasteiger partial charge < -0.3 is 4.18 Å². The first-order valence-corrected chi connectivity index (χ1v) is 7.42. The standard InChI is InChI=1S/C14H10N2O2S2/c1-18-20-12-8-4-6-10(15-12)14-16-13(17)9-5-2-3-7-11(9)19-14/h2-8H,1H3. The number of nitrogens with zero attached hydrogens (tertiary/aromatic N) is 2. The molecule has 2 heterocycles. The second-order valence-corrected chi connectivity index (χ2v) is 5.88. The number of fused-ring (bicyclic) bond motifs is 1. The third-order valence-electron chi connectivity index (χ3n) is 2.64. The van der Waals surface area contributed by atoms with Gasteiger partial charge in [-0.3, -0.25) is 4.79 Å². The minimum absolute atomic E-state index is 0.221. The lowest BCUT2D eigenvalue weighted by Gasteiger charge is -2.03. The first-order chi connectivity index (χ1) is 9.78. The van der Waals surface area contributed by atoms with Crippen LogP contribution in [0.2, 0.25) is 0 Å². The molecule has 0 atom stereocenters. The van der Waals surface area contributed by atoms with Crippen LogP contribution in [0.25, 0.3) is 20.8 Å². The zero-order valence-electron chi connectivity index (χ0n) is 10.6. The molecule has 4 nitrogen and oxygen atoms in total. The van der Waals surface area contributed by atoms with Crippen LogP contribution in [0.5, 0.6) is 0 Å². The first kappa shape index (κ1) is 13.2. The van der Waals surface area contributed by atoms with Crippen molar-refractivity contribution < 1.29 is 4.18 Å². The van der Waals surface area contributed by atoms with Gasteiger partial charge in [0.15, 0.2) is 0 Å². The van der Waals surface area contributed by atoms with Crippen LogP contribution in [-0.4, -0.2) is 17.1 Å². The van der Waals surface area contributed by atoms with Crippen molar-refractivity contribution in [2.75, 3.05) is 7.11 Å². The van der Waals surface area contributed by atoms with Gasteiger partial charge in [-0.05, 0) is 24.3 Å². The summed E-state index contributed by atoms with van der Waals surface area (Å²) in [6.07, 6.45) is 0. The van der Waals surface area contributed by atoms with Crippen LogP contribution in [0.1, 0.15) is 0 Å². The van der Waals surface area contributed by atoms with E-state index in [1.54, 1.807) is 13.2 Å². The molecule has 2 aromatic heterocycles. The van der Waals surface area contributed by atoms with Crippen molar-refractivity contribution in [2.24, 2.45) is 0 Å². The smallest absolute Gasteiger partial charge is 0.279 e. The van der Waals surface area contributed by atoms with E-state index in [-0.39, 0.29) is 5.56 Å². The Morgan fingerprint density at radius 3 is 2.80 bits per heavy atom. The predicted molar refractivity (Wildman–Crippen MR) is 82.0 cm³/mol. The average molecular weight is 302 g/mol. The number of hydrogen-bond donors (Lipinski definition) is 0. The second kappa shape index (κ2) is 5.70. The topological polar surface area (TPSA) is 52.1 Å². The summed E-state index contributed by atoms with van der Waals surface area (Å²) < 4.78 is 5.90. The Kier molecular flexibility index (Phi) is 3.77. The van der Waals surface area contributed by atoms with Crippen LogP contribution in [-0.2, 0) is 4.18 Å². The quantitative estimate of drug-likeness (QED) is 0.694. The van der Waals surface area contributed by atoms with E-state index in [9.17, 15) is 4.79 Å². The molecule has 3 rings (SSSR count). The van der Waals surface area contributed by atoms with E-state index >= 15 is 0 Å². The maximum atomic E-state index is 12.0. The highest BCUT2D eigenvalue weighted by atomic mass is 32.2. The van der Waals surface area contributed by atoms with Gasteiger partial charge in [-0.2, -0.15) is 4.98 Å². The highest BCUT2D eigenvalue weighted by molar-refractivity contribution is 7.94. The highest BCUT2D eigenvalue weighted by Gasteiger charge is 2.08. The summed E-state index contributed by atoms with van der Waals surface area (Å²) in [6.45, 7) is 0. The van der Waals surface area contributed by atoms with Crippen molar-refractivity contribution >= 4 is 33.5 Å². The monoisotopic (exact) mass is 302 g/mol. The Hall–Kier alpha value is -1.76. The summed E-state index contributed by atoms with van der Waals surface area (Å²) in [4.78, 5) is 20.6. The molecule has 0 aliphatic carbocycles. The Bertz CT molecular complexity index is 817. The number of aromatic nitrogens is 2. The molecule has 0 bridgehead atoms. The molecule has 0 saturated heterocycles. The first-order valence-electron chi connectivity index (χ1n) is 5.86. The molecule has 0 spiro atoms. The fraction of sp³-hybridized carbons (Fsp3) is 0.0714. The van der Waals surface area contributed by atoms with Crippen molar-refractivity contribution in [3.05, 3.63) is 52.8 Å². The number of benzene rings is 1. The lowest BCUT2D eigenvalue weighted by molar-refractivity contribution is 0.488. The minimum atomic E-state index is -0.221. The van der Waals surface area contributed by atoms with Crippen LogP contribution < -0.4 is 5.56 Å². The molecule has 100 valence electrons. The van der Waals surface area contributed by atoms with Crippen LogP contribution in [0.3, 0.4) is 0 Å². The Labute approximate surface area is 123 Å². The molecule has 6 heteroatoms. The maximum Gasteiger partial charge on any atom is 0.279 e. The van der Waals surface area contributed by atoms with E-state index < -0.39 is 0 Å². The molecule has 1 aromatic carbocycles. The van der Waals surface area contributed by atoms with E-state index in [0.717, 1.165) is 9.73 Å². The normalized spacial score (nSPS) is 10.8. The van der Waals surface area contributed by atoms with Crippen molar-refractivity contribution in [1.29, 1.82) is 0 Å². The summed E-state index contributed by atoms with van der Waals surface area (Å²) in [6, 6.07) is 13.0. The van der Waals surface area contributed by atoms with Crippen molar-refractivity contribution in [3.63, 3.8) is 0 Å². The summed E-state index contributed by atoms with van der Waals surface area (Å²) in [5, 5.41) is 2.00. The third-order valence-corrected chi connectivity index (χ3v) is 4.27. The lowest BCUT2D eigenvalue weighted by atomic mass is 10.3. The van der Waals surface area contributed by atoms with E-state index in [1.165, 1.54) is 23.4 Å². The molecule has 20 heavy (non-hydrogen) atoms. The number of pyridine rings is 1. The molecule has 3 aromatic rings. The molecule has 0 N–H and O–H groups in total. The molecule has 0 unspecified atom stereocenters. The average Bonchev–Trinajstić information content (AvgIpc) is 2.48. The van der Waals surface area contributed by atoms with E-state index in [0.29, 0.717) is 16.1 Å². The fourth-order valence-electron chi connectivity index (χ4n) is 1.79. The van der Waals surface area contributed by atoms with Gasteiger partial charge in [-0.15, -0.1) is 11.3 Å². The molecular weight excluding hydrogens is 292 g/mol. The second-order valence-electron chi connectivity index (χ2n) is 3.93.